The van der Waals surface area contributed by atoms with E-state index >= 15 is 0 Å². The maximum Gasteiger partial charge on any atom is 0.237 e. The lowest BCUT2D eigenvalue weighted by molar-refractivity contribution is -0.123. The van der Waals surface area contributed by atoms with Gasteiger partial charge < -0.3 is 10.6 Å². The molecular weight excluding hydrogens is 390 g/mol. The van der Waals surface area contributed by atoms with E-state index in [0.717, 1.165) is 5.56 Å². The largest absolute Gasteiger partial charge is 0.349 e. The molecule has 0 saturated heterocycles. The van der Waals surface area contributed by atoms with Crippen LogP contribution in [0.5, 0.6) is 0 Å². The van der Waals surface area contributed by atoms with Crippen LogP contribution in [0.3, 0.4) is 0 Å². The maximum absolute atomic E-state index is 12.8. The van der Waals surface area contributed by atoms with Crippen LogP contribution in [0.4, 0.5) is 0 Å². The molecule has 7 heteroatoms. The van der Waals surface area contributed by atoms with Gasteiger partial charge in [0, 0.05) is 6.04 Å². The van der Waals surface area contributed by atoms with Gasteiger partial charge in [0.2, 0.25) is 5.91 Å². The van der Waals surface area contributed by atoms with Crippen molar-refractivity contribution in [1.29, 1.82) is 0 Å². The van der Waals surface area contributed by atoms with E-state index in [4.69, 9.17) is 0 Å². The zero-order chi connectivity index (χ0) is 23.0. The Balaban J connectivity index is 2.05. The minimum absolute atomic E-state index is 0.0433. The summed E-state index contributed by atoms with van der Waals surface area (Å²) in [6.07, 6.45) is 2.98. The van der Waals surface area contributed by atoms with Gasteiger partial charge >= 0.3 is 0 Å². The van der Waals surface area contributed by atoms with Gasteiger partial charge in [-0.3, -0.25) is 9.59 Å². The molecule has 1 aromatic heterocycles. The molecule has 2 aromatic rings. The number of carbonyl (C=O) groups excluding carboxylic acids is 2. The molecule has 0 bridgehead atoms. The molecule has 2 N–H and O–H groups in total. The molecule has 0 aliphatic rings. The van der Waals surface area contributed by atoms with Crippen molar-refractivity contribution in [2.24, 2.45) is 5.92 Å². The van der Waals surface area contributed by atoms with E-state index in [1.165, 1.54) is 0 Å². The molecule has 2 rings (SSSR count). The molecule has 1 aromatic carbocycles. The van der Waals surface area contributed by atoms with Crippen molar-refractivity contribution < 1.29 is 9.59 Å². The average Bonchev–Trinajstić information content (AvgIpc) is 3.18. The van der Waals surface area contributed by atoms with Crippen LogP contribution in [0.2, 0.25) is 0 Å². The summed E-state index contributed by atoms with van der Waals surface area (Å²) >= 11 is 0. The first-order chi connectivity index (χ1) is 14.7. The van der Waals surface area contributed by atoms with Crippen LogP contribution < -0.4 is 10.6 Å². The maximum atomic E-state index is 12.8. The molecule has 168 valence electrons. The minimum Gasteiger partial charge on any atom is -0.349 e. The van der Waals surface area contributed by atoms with Gasteiger partial charge in [-0.25, -0.2) is 4.68 Å². The molecule has 0 unspecified atom stereocenters. The summed E-state index contributed by atoms with van der Waals surface area (Å²) in [7, 11) is 0. The van der Waals surface area contributed by atoms with Gasteiger partial charge in [-0.2, -0.15) is 0 Å². The Hall–Kier alpha value is -2.80. The second-order valence-corrected chi connectivity index (χ2v) is 8.76. The van der Waals surface area contributed by atoms with Gasteiger partial charge in [-0.15, -0.1) is 5.10 Å². The van der Waals surface area contributed by atoms with Crippen LogP contribution in [0.1, 0.15) is 58.3 Å². The Labute approximate surface area is 185 Å². The lowest BCUT2D eigenvalue weighted by atomic mass is 9.97. The molecule has 0 spiro atoms. The van der Waals surface area contributed by atoms with E-state index in [1.807, 2.05) is 44.2 Å². The van der Waals surface area contributed by atoms with Crippen LogP contribution in [0, 0.1) is 5.92 Å². The number of hydrogen-bond donors (Lipinski definition) is 2. The van der Waals surface area contributed by atoms with Crippen LogP contribution in [0.15, 0.2) is 48.7 Å². The Morgan fingerprint density at radius 1 is 1.13 bits per heavy atom. The van der Waals surface area contributed by atoms with Crippen molar-refractivity contribution >= 4 is 11.7 Å². The fraction of sp³-hybridized carbons (Fsp3) is 0.500. The number of nitrogens with one attached hydrogen (secondary N) is 2. The van der Waals surface area contributed by atoms with Crippen molar-refractivity contribution in [2.75, 3.05) is 0 Å². The van der Waals surface area contributed by atoms with Gasteiger partial charge in [-0.1, -0.05) is 69.8 Å². The molecule has 7 nitrogen and oxygen atoms in total. The Bertz CT molecular complexity index is 873. The minimum atomic E-state index is -0.428. The van der Waals surface area contributed by atoms with Crippen LogP contribution in [0.25, 0.3) is 0 Å². The fourth-order valence-electron chi connectivity index (χ4n) is 3.39. The standard InChI is InChI=1S/C24H35N5O2/c1-16(2)12-22(23(30)17(3)4)29-15-20(27-28-29)14-25-24(31)21(26-18(5)6)13-19-10-8-7-9-11-19/h7-11,15-16,18,21-22,26H,3,12-14H2,1-2,4-6H3,(H,25,31)/t21-,22-/m0/s1. The van der Waals surface area contributed by atoms with Gasteiger partial charge in [0.1, 0.15) is 11.7 Å². The number of rotatable bonds is 12. The topological polar surface area (TPSA) is 88.9 Å². The zero-order valence-electron chi connectivity index (χ0n) is 19.3. The van der Waals surface area contributed by atoms with Crippen molar-refractivity contribution in [3.05, 3.63) is 59.9 Å². The number of Topliss-reactive ketones (excluding diaryl/α,β-unsaturated/α-hetero) is 1. The van der Waals surface area contributed by atoms with E-state index in [0.29, 0.717) is 30.0 Å². The normalized spacial score (nSPS) is 13.3. The Morgan fingerprint density at radius 2 is 1.81 bits per heavy atom. The summed E-state index contributed by atoms with van der Waals surface area (Å²) in [5.41, 5.74) is 2.20. The number of hydrogen-bond acceptors (Lipinski definition) is 5. The molecule has 0 aliphatic carbocycles. The third-order valence-electron chi connectivity index (χ3n) is 4.87. The zero-order valence-corrected chi connectivity index (χ0v) is 19.3. The second-order valence-electron chi connectivity index (χ2n) is 8.76. The van der Waals surface area contributed by atoms with Crippen molar-refractivity contribution in [3.8, 4) is 0 Å². The summed E-state index contributed by atoms with van der Waals surface area (Å²) in [6, 6.07) is 9.32. The highest BCUT2D eigenvalue weighted by Crippen LogP contribution is 2.20. The Morgan fingerprint density at radius 3 is 2.39 bits per heavy atom. The van der Waals surface area contributed by atoms with Gasteiger partial charge in [0.25, 0.3) is 0 Å². The molecule has 1 heterocycles. The molecule has 0 fully saturated rings. The molecule has 0 radical (unpaired) electrons. The van der Waals surface area contributed by atoms with Crippen LogP contribution in [-0.2, 0) is 22.6 Å². The number of ketones is 1. The van der Waals surface area contributed by atoms with E-state index in [-0.39, 0.29) is 30.3 Å². The highest BCUT2D eigenvalue weighted by atomic mass is 16.2. The lowest BCUT2D eigenvalue weighted by Crippen LogP contribution is -2.47. The summed E-state index contributed by atoms with van der Waals surface area (Å²) in [4.78, 5) is 25.4. The number of amides is 1. The second kappa shape index (κ2) is 11.6. The summed E-state index contributed by atoms with van der Waals surface area (Å²) < 4.78 is 1.59. The third-order valence-corrected chi connectivity index (χ3v) is 4.87. The van der Waals surface area contributed by atoms with Gasteiger partial charge in [0.15, 0.2) is 5.78 Å². The number of carbonyl (C=O) groups is 2. The summed E-state index contributed by atoms with van der Waals surface area (Å²) in [5, 5.41) is 14.6. The first-order valence-corrected chi connectivity index (χ1v) is 10.9. The van der Waals surface area contributed by atoms with Gasteiger partial charge in [-0.05, 0) is 36.8 Å². The van der Waals surface area contributed by atoms with E-state index in [1.54, 1.807) is 17.8 Å². The van der Waals surface area contributed by atoms with Crippen molar-refractivity contribution in [2.45, 2.75) is 72.1 Å². The highest BCUT2D eigenvalue weighted by molar-refractivity contribution is 5.97. The number of allylic oxidation sites excluding steroid dienone is 1. The van der Waals surface area contributed by atoms with E-state index in [2.05, 4.69) is 41.4 Å². The first kappa shape index (κ1) is 24.5. The monoisotopic (exact) mass is 425 g/mol. The van der Waals surface area contributed by atoms with Crippen LogP contribution in [-0.4, -0.2) is 38.8 Å². The van der Waals surface area contributed by atoms with Gasteiger partial charge in [0.05, 0.1) is 18.8 Å². The third kappa shape index (κ3) is 7.75. The molecule has 2 atom stereocenters. The smallest absolute Gasteiger partial charge is 0.237 e. The summed E-state index contributed by atoms with van der Waals surface area (Å²) in [5.74, 6) is 0.184. The summed E-state index contributed by atoms with van der Waals surface area (Å²) in [6.45, 7) is 13.9. The molecular formula is C24H35N5O2. The molecule has 0 saturated carbocycles. The first-order valence-electron chi connectivity index (χ1n) is 10.9. The number of nitrogens with zero attached hydrogens (tertiary/aromatic N) is 3. The molecule has 31 heavy (non-hydrogen) atoms. The average molecular weight is 426 g/mol. The predicted molar refractivity (Wildman–Crippen MR) is 122 cm³/mol. The van der Waals surface area contributed by atoms with E-state index in [9.17, 15) is 9.59 Å². The quantitative estimate of drug-likeness (QED) is 0.510. The fourth-order valence-corrected chi connectivity index (χ4v) is 3.39. The highest BCUT2D eigenvalue weighted by Gasteiger charge is 2.24. The molecule has 1 amide bonds. The van der Waals surface area contributed by atoms with Crippen molar-refractivity contribution in [3.63, 3.8) is 0 Å². The van der Waals surface area contributed by atoms with E-state index < -0.39 is 6.04 Å². The predicted octanol–water partition coefficient (Wildman–Crippen LogP) is 3.24. The van der Waals surface area contributed by atoms with Crippen molar-refractivity contribution in [1.82, 2.24) is 25.6 Å². The lowest BCUT2D eigenvalue weighted by Gasteiger charge is -2.20. The number of aromatic nitrogens is 3. The SMILES string of the molecule is C=C(C)C(=O)[C@H](CC(C)C)n1cc(CNC(=O)[C@H](Cc2ccccc2)NC(C)C)nn1. The molecule has 0 aliphatic heterocycles. The Kier molecular flexibility index (Phi) is 9.12. The number of benzene rings is 1. The van der Waals surface area contributed by atoms with Crippen LogP contribution >= 0.6 is 0 Å².